The molecule has 1 atom stereocenters. The molecule has 7 nitrogen and oxygen atoms in total. The van der Waals surface area contributed by atoms with Crippen molar-refractivity contribution >= 4 is 41.0 Å². The summed E-state index contributed by atoms with van der Waals surface area (Å²) in [4.78, 5) is 38.2. The van der Waals surface area contributed by atoms with Gasteiger partial charge >= 0.3 is 5.97 Å². The molecular formula is C25H27Cl2FN2O5. The number of benzene rings is 2. The third-order valence-corrected chi connectivity index (χ3v) is 6.36. The van der Waals surface area contributed by atoms with Crippen LogP contribution in [0.5, 0.6) is 5.75 Å². The zero-order valence-electron chi connectivity index (χ0n) is 19.3. The highest BCUT2D eigenvalue weighted by atomic mass is 35.5. The van der Waals surface area contributed by atoms with Gasteiger partial charge in [0.25, 0.3) is 0 Å². The van der Waals surface area contributed by atoms with Crippen molar-refractivity contribution in [2.24, 2.45) is 0 Å². The number of rotatable bonds is 12. The summed E-state index contributed by atoms with van der Waals surface area (Å²) in [5.41, 5.74) is 1.35. The van der Waals surface area contributed by atoms with E-state index in [1.807, 2.05) is 17.9 Å². The van der Waals surface area contributed by atoms with Crippen molar-refractivity contribution in [3.8, 4) is 5.75 Å². The number of nitrogens with zero attached hydrogens (tertiary/aromatic N) is 2. The lowest BCUT2D eigenvalue weighted by atomic mass is 10.0. The van der Waals surface area contributed by atoms with Gasteiger partial charge in [0, 0.05) is 25.4 Å². The first-order chi connectivity index (χ1) is 16.7. The van der Waals surface area contributed by atoms with Crippen LogP contribution in [0.1, 0.15) is 49.8 Å². The molecule has 1 N–H and O–H groups in total. The lowest BCUT2D eigenvalue weighted by Gasteiger charge is -2.31. The summed E-state index contributed by atoms with van der Waals surface area (Å²) in [6.07, 6.45) is 1.02. The third-order valence-electron chi connectivity index (χ3n) is 5.76. The molecule has 1 fully saturated rings. The smallest absolute Gasteiger partial charge is 0.305 e. The third kappa shape index (κ3) is 7.16. The lowest BCUT2D eigenvalue weighted by molar-refractivity contribution is -0.140. The van der Waals surface area contributed by atoms with E-state index in [1.54, 1.807) is 18.2 Å². The molecule has 0 bridgehead atoms. The summed E-state index contributed by atoms with van der Waals surface area (Å²) in [7, 11) is 0. The van der Waals surface area contributed by atoms with Crippen LogP contribution in [-0.2, 0) is 20.9 Å². The minimum atomic E-state index is -0.997. The summed E-state index contributed by atoms with van der Waals surface area (Å²) in [6.45, 7) is 3.23. The summed E-state index contributed by atoms with van der Waals surface area (Å²) < 4.78 is 19.8. The molecule has 1 saturated heterocycles. The molecule has 1 aliphatic rings. The lowest BCUT2D eigenvalue weighted by Crippen LogP contribution is -2.33. The number of ether oxygens (including phenoxy) is 1. The van der Waals surface area contributed by atoms with Crippen LogP contribution < -0.4 is 4.74 Å². The fourth-order valence-electron chi connectivity index (χ4n) is 4.09. The maximum absolute atomic E-state index is 14.1. The molecule has 0 saturated carbocycles. The maximum Gasteiger partial charge on any atom is 0.305 e. The molecule has 2 aromatic rings. The Balaban J connectivity index is 1.72. The predicted molar refractivity (Wildman–Crippen MR) is 130 cm³/mol. The summed E-state index contributed by atoms with van der Waals surface area (Å²) in [5.74, 6) is -1.58. The minimum absolute atomic E-state index is 0.0225. The monoisotopic (exact) mass is 524 g/mol. The average molecular weight is 525 g/mol. The van der Waals surface area contributed by atoms with Crippen LogP contribution in [0.2, 0.25) is 10.0 Å². The van der Waals surface area contributed by atoms with Gasteiger partial charge in [-0.05, 0) is 48.4 Å². The van der Waals surface area contributed by atoms with Gasteiger partial charge < -0.3 is 9.84 Å². The van der Waals surface area contributed by atoms with Crippen LogP contribution in [0, 0.1) is 5.82 Å². The first-order valence-corrected chi connectivity index (χ1v) is 12.1. The zero-order valence-corrected chi connectivity index (χ0v) is 20.8. The molecule has 1 heterocycles. The van der Waals surface area contributed by atoms with E-state index in [1.165, 1.54) is 17.0 Å². The topological polar surface area (TPSA) is 87.2 Å². The van der Waals surface area contributed by atoms with Gasteiger partial charge in [-0.3, -0.25) is 24.2 Å². The van der Waals surface area contributed by atoms with E-state index in [0.29, 0.717) is 29.4 Å². The molecule has 35 heavy (non-hydrogen) atoms. The number of carboxylic acid groups (broad SMARTS) is 1. The molecule has 2 aromatic carbocycles. The van der Waals surface area contributed by atoms with Gasteiger partial charge in [-0.2, -0.15) is 0 Å². The van der Waals surface area contributed by atoms with Crippen molar-refractivity contribution in [2.75, 3.05) is 19.7 Å². The second-order valence-electron chi connectivity index (χ2n) is 8.31. The molecule has 0 aliphatic carbocycles. The van der Waals surface area contributed by atoms with E-state index < -0.39 is 17.8 Å². The van der Waals surface area contributed by atoms with Gasteiger partial charge in [0.15, 0.2) is 0 Å². The highest BCUT2D eigenvalue weighted by molar-refractivity contribution is 6.32. The van der Waals surface area contributed by atoms with E-state index in [4.69, 9.17) is 27.9 Å². The van der Waals surface area contributed by atoms with Gasteiger partial charge in [0.1, 0.15) is 18.2 Å². The van der Waals surface area contributed by atoms with Crippen LogP contribution >= 0.6 is 23.2 Å². The standard InChI is InChI=1S/C25H27Cl2FN2O5/c1-2-9-29(21(14-25(33)34)17-4-5-18(26)20(28)13-17)15-16-3-6-22(19(27)12-16)35-11-10-30-23(31)7-8-24(30)32/h3-6,12-13,21H,2,7-11,14-15H2,1H3,(H,33,34). The van der Waals surface area contributed by atoms with Crippen LogP contribution in [0.25, 0.3) is 0 Å². The Labute approximate surface area is 213 Å². The Kier molecular flexibility index (Phi) is 9.48. The van der Waals surface area contributed by atoms with Crippen molar-refractivity contribution in [3.05, 3.63) is 63.4 Å². The van der Waals surface area contributed by atoms with Crippen LogP contribution in [0.15, 0.2) is 36.4 Å². The molecule has 0 spiro atoms. The Morgan fingerprint density at radius 2 is 1.86 bits per heavy atom. The van der Waals surface area contributed by atoms with Gasteiger partial charge in [-0.1, -0.05) is 42.3 Å². The van der Waals surface area contributed by atoms with Crippen molar-refractivity contribution in [2.45, 2.75) is 45.2 Å². The van der Waals surface area contributed by atoms with E-state index in [9.17, 15) is 23.9 Å². The van der Waals surface area contributed by atoms with E-state index in [-0.39, 0.29) is 49.3 Å². The minimum Gasteiger partial charge on any atom is -0.490 e. The SMILES string of the molecule is CCCN(Cc1ccc(OCCN2C(=O)CCC2=O)c(Cl)c1)C(CC(=O)O)c1ccc(Cl)c(F)c1. The zero-order chi connectivity index (χ0) is 25.5. The number of carboxylic acids is 1. The Morgan fingerprint density at radius 3 is 2.46 bits per heavy atom. The van der Waals surface area contributed by atoms with Crippen molar-refractivity contribution < 1.29 is 28.6 Å². The van der Waals surface area contributed by atoms with E-state index in [2.05, 4.69) is 0 Å². The number of halogens is 3. The molecule has 0 aromatic heterocycles. The number of imide groups is 1. The van der Waals surface area contributed by atoms with E-state index in [0.717, 1.165) is 12.0 Å². The molecule has 188 valence electrons. The highest BCUT2D eigenvalue weighted by Crippen LogP contribution is 2.31. The van der Waals surface area contributed by atoms with E-state index >= 15 is 0 Å². The molecule has 2 amide bonds. The van der Waals surface area contributed by atoms with Crippen LogP contribution in [-0.4, -0.2) is 52.4 Å². The van der Waals surface area contributed by atoms with Crippen molar-refractivity contribution in [1.82, 2.24) is 9.80 Å². The Bertz CT molecular complexity index is 1080. The van der Waals surface area contributed by atoms with Gasteiger partial charge in [-0.25, -0.2) is 4.39 Å². The number of aliphatic carboxylic acids is 1. The fraction of sp³-hybridized carbons (Fsp3) is 0.400. The number of carbonyl (C=O) groups excluding carboxylic acids is 2. The second-order valence-corrected chi connectivity index (χ2v) is 9.12. The first-order valence-electron chi connectivity index (χ1n) is 11.3. The van der Waals surface area contributed by atoms with Crippen LogP contribution in [0.3, 0.4) is 0 Å². The normalized spacial score (nSPS) is 14.6. The number of likely N-dealkylation sites (tertiary alicyclic amines) is 1. The number of hydrogen-bond acceptors (Lipinski definition) is 5. The largest absolute Gasteiger partial charge is 0.490 e. The highest BCUT2D eigenvalue weighted by Gasteiger charge is 2.28. The average Bonchev–Trinajstić information content (AvgIpc) is 3.12. The summed E-state index contributed by atoms with van der Waals surface area (Å²) in [6, 6.07) is 9.02. The molecule has 10 heteroatoms. The summed E-state index contributed by atoms with van der Waals surface area (Å²) >= 11 is 12.2. The van der Waals surface area contributed by atoms with Gasteiger partial charge in [-0.15, -0.1) is 0 Å². The Hall–Kier alpha value is -2.68. The predicted octanol–water partition coefficient (Wildman–Crippen LogP) is 5.09. The number of amides is 2. The molecule has 0 radical (unpaired) electrons. The Morgan fingerprint density at radius 1 is 1.14 bits per heavy atom. The van der Waals surface area contributed by atoms with Crippen molar-refractivity contribution in [1.29, 1.82) is 0 Å². The molecule has 1 unspecified atom stereocenters. The number of hydrogen-bond donors (Lipinski definition) is 1. The summed E-state index contributed by atoms with van der Waals surface area (Å²) in [5, 5.41) is 9.83. The fourth-order valence-corrected chi connectivity index (χ4v) is 4.46. The number of carbonyl (C=O) groups is 3. The van der Waals surface area contributed by atoms with Crippen molar-refractivity contribution in [3.63, 3.8) is 0 Å². The van der Waals surface area contributed by atoms with Gasteiger partial charge in [0.2, 0.25) is 11.8 Å². The maximum atomic E-state index is 14.1. The molecule has 1 aliphatic heterocycles. The molecular weight excluding hydrogens is 498 g/mol. The second kappa shape index (κ2) is 12.3. The quantitative estimate of drug-likeness (QED) is 0.389. The molecule has 3 rings (SSSR count). The van der Waals surface area contributed by atoms with Gasteiger partial charge in [0.05, 0.1) is 23.0 Å². The first kappa shape index (κ1) is 26.9. The van der Waals surface area contributed by atoms with Crippen LogP contribution in [0.4, 0.5) is 4.39 Å².